The van der Waals surface area contributed by atoms with Crippen LogP contribution in [-0.4, -0.2) is 36.4 Å². The highest BCUT2D eigenvalue weighted by Gasteiger charge is 2.11. The fourth-order valence-corrected chi connectivity index (χ4v) is 3.08. The quantitative estimate of drug-likeness (QED) is 0.882. The standard InChI is InChI=1S/C15H19N3O2S/c1-12(11-21(2,19)20)17-14-8-9-16-15(18-14)10-13-6-4-3-5-7-13/h3-9,12H,10-11H2,1-2H3,(H,16,17,18)/t12-/m1/s1. The molecule has 1 atom stereocenters. The molecule has 0 bridgehead atoms. The van der Waals surface area contributed by atoms with Gasteiger partial charge in [0.05, 0.1) is 5.75 Å². The van der Waals surface area contributed by atoms with Crippen molar-refractivity contribution in [2.45, 2.75) is 19.4 Å². The summed E-state index contributed by atoms with van der Waals surface area (Å²) in [7, 11) is -3.01. The van der Waals surface area contributed by atoms with E-state index in [4.69, 9.17) is 0 Å². The van der Waals surface area contributed by atoms with Crippen LogP contribution in [0, 0.1) is 0 Å². The molecule has 0 spiro atoms. The van der Waals surface area contributed by atoms with E-state index in [-0.39, 0.29) is 11.8 Å². The Labute approximate surface area is 125 Å². The van der Waals surface area contributed by atoms with Crippen molar-refractivity contribution in [2.24, 2.45) is 0 Å². The van der Waals surface area contributed by atoms with Gasteiger partial charge in [-0.1, -0.05) is 30.3 Å². The van der Waals surface area contributed by atoms with Gasteiger partial charge in [-0.05, 0) is 18.6 Å². The van der Waals surface area contributed by atoms with Crippen LogP contribution in [0.1, 0.15) is 18.3 Å². The summed E-state index contributed by atoms with van der Waals surface area (Å²) in [6.45, 7) is 1.82. The third-order valence-electron chi connectivity index (χ3n) is 2.86. The molecule has 0 aliphatic rings. The van der Waals surface area contributed by atoms with E-state index in [0.717, 1.165) is 5.56 Å². The fourth-order valence-electron chi connectivity index (χ4n) is 2.09. The maximum atomic E-state index is 11.3. The monoisotopic (exact) mass is 305 g/mol. The van der Waals surface area contributed by atoms with Gasteiger partial charge in [0.1, 0.15) is 21.5 Å². The maximum Gasteiger partial charge on any atom is 0.149 e. The summed E-state index contributed by atoms with van der Waals surface area (Å²) in [6, 6.07) is 11.5. The molecule has 1 N–H and O–H groups in total. The fraction of sp³-hybridized carbons (Fsp3) is 0.333. The van der Waals surface area contributed by atoms with Gasteiger partial charge in [0.25, 0.3) is 0 Å². The summed E-state index contributed by atoms with van der Waals surface area (Å²) >= 11 is 0. The zero-order chi connectivity index (χ0) is 15.3. The van der Waals surface area contributed by atoms with Gasteiger partial charge in [-0.3, -0.25) is 0 Å². The SMILES string of the molecule is C[C@H](CS(C)(=O)=O)Nc1ccnc(Cc2ccccc2)n1. The number of hydrogen-bond acceptors (Lipinski definition) is 5. The van der Waals surface area contributed by atoms with Crippen LogP contribution in [0.2, 0.25) is 0 Å². The van der Waals surface area contributed by atoms with E-state index < -0.39 is 9.84 Å². The van der Waals surface area contributed by atoms with Crippen LogP contribution in [0.5, 0.6) is 0 Å². The lowest BCUT2D eigenvalue weighted by atomic mass is 10.1. The number of nitrogens with zero attached hydrogens (tertiary/aromatic N) is 2. The van der Waals surface area contributed by atoms with Crippen molar-refractivity contribution < 1.29 is 8.42 Å². The molecule has 5 nitrogen and oxygen atoms in total. The first-order valence-electron chi connectivity index (χ1n) is 6.72. The van der Waals surface area contributed by atoms with E-state index in [2.05, 4.69) is 15.3 Å². The average molecular weight is 305 g/mol. The maximum absolute atomic E-state index is 11.3. The molecule has 1 aromatic heterocycles. The molecule has 0 radical (unpaired) electrons. The molecule has 1 aromatic carbocycles. The minimum atomic E-state index is -3.01. The normalized spacial score (nSPS) is 12.9. The first-order chi connectivity index (χ1) is 9.92. The Morgan fingerprint density at radius 3 is 2.57 bits per heavy atom. The van der Waals surface area contributed by atoms with Crippen molar-refractivity contribution >= 4 is 15.7 Å². The van der Waals surface area contributed by atoms with Crippen LogP contribution in [0.4, 0.5) is 5.82 Å². The van der Waals surface area contributed by atoms with E-state index in [1.807, 2.05) is 37.3 Å². The Bertz CT molecular complexity index is 687. The van der Waals surface area contributed by atoms with Gasteiger partial charge in [0.2, 0.25) is 0 Å². The molecule has 0 saturated heterocycles. The van der Waals surface area contributed by atoms with Gasteiger partial charge in [-0.25, -0.2) is 18.4 Å². The molecule has 0 amide bonds. The molecule has 21 heavy (non-hydrogen) atoms. The number of nitrogens with one attached hydrogen (secondary N) is 1. The Morgan fingerprint density at radius 2 is 1.90 bits per heavy atom. The third-order valence-corrected chi connectivity index (χ3v) is 3.96. The molecule has 0 fully saturated rings. The molecule has 0 aliphatic heterocycles. The van der Waals surface area contributed by atoms with Crippen LogP contribution in [0.15, 0.2) is 42.6 Å². The van der Waals surface area contributed by atoms with Crippen molar-refractivity contribution in [3.8, 4) is 0 Å². The number of aromatic nitrogens is 2. The predicted octanol–water partition coefficient (Wildman–Crippen LogP) is 1.91. The first kappa shape index (κ1) is 15.4. The second kappa shape index (κ2) is 6.67. The van der Waals surface area contributed by atoms with Crippen molar-refractivity contribution in [1.29, 1.82) is 0 Å². The van der Waals surface area contributed by atoms with E-state index in [0.29, 0.717) is 18.1 Å². The highest BCUT2D eigenvalue weighted by Crippen LogP contribution is 2.09. The van der Waals surface area contributed by atoms with E-state index in [1.165, 1.54) is 6.26 Å². The lowest BCUT2D eigenvalue weighted by Crippen LogP contribution is -2.25. The summed E-state index contributed by atoms with van der Waals surface area (Å²) in [6.07, 6.45) is 3.56. The number of benzene rings is 1. The summed E-state index contributed by atoms with van der Waals surface area (Å²) in [5.41, 5.74) is 1.14. The lowest BCUT2D eigenvalue weighted by Gasteiger charge is -2.13. The van der Waals surface area contributed by atoms with Crippen molar-refractivity contribution in [1.82, 2.24) is 9.97 Å². The Kier molecular flexibility index (Phi) is 4.90. The zero-order valence-electron chi connectivity index (χ0n) is 12.2. The van der Waals surface area contributed by atoms with Gasteiger partial charge in [0, 0.05) is 24.9 Å². The Balaban J connectivity index is 2.04. The van der Waals surface area contributed by atoms with Gasteiger partial charge >= 0.3 is 0 Å². The average Bonchev–Trinajstić information content (AvgIpc) is 2.38. The molecule has 0 aliphatic carbocycles. The molecular weight excluding hydrogens is 286 g/mol. The van der Waals surface area contributed by atoms with E-state index >= 15 is 0 Å². The molecule has 0 unspecified atom stereocenters. The number of anilines is 1. The number of sulfone groups is 1. The van der Waals surface area contributed by atoms with Crippen LogP contribution < -0.4 is 5.32 Å². The highest BCUT2D eigenvalue weighted by atomic mass is 32.2. The van der Waals surface area contributed by atoms with Crippen molar-refractivity contribution in [2.75, 3.05) is 17.3 Å². The molecule has 2 aromatic rings. The van der Waals surface area contributed by atoms with Crippen molar-refractivity contribution in [3.63, 3.8) is 0 Å². The predicted molar refractivity (Wildman–Crippen MR) is 84.1 cm³/mol. The first-order valence-corrected chi connectivity index (χ1v) is 8.78. The topological polar surface area (TPSA) is 72.0 Å². The van der Waals surface area contributed by atoms with Crippen LogP contribution in [0.3, 0.4) is 0 Å². The molecular formula is C15H19N3O2S. The minimum absolute atomic E-state index is 0.0744. The molecule has 1 heterocycles. The number of rotatable bonds is 6. The van der Waals surface area contributed by atoms with E-state index in [9.17, 15) is 8.42 Å². The van der Waals surface area contributed by atoms with Crippen molar-refractivity contribution in [3.05, 3.63) is 54.0 Å². The summed E-state index contributed by atoms with van der Waals surface area (Å²) < 4.78 is 22.5. The van der Waals surface area contributed by atoms with Gasteiger partial charge in [-0.2, -0.15) is 0 Å². The van der Waals surface area contributed by atoms with Crippen LogP contribution in [0.25, 0.3) is 0 Å². The lowest BCUT2D eigenvalue weighted by molar-refractivity contribution is 0.598. The second-order valence-corrected chi connectivity index (χ2v) is 7.34. The summed E-state index contributed by atoms with van der Waals surface area (Å²) in [5, 5.41) is 3.09. The number of hydrogen-bond donors (Lipinski definition) is 1. The van der Waals surface area contributed by atoms with Gasteiger partial charge in [-0.15, -0.1) is 0 Å². The summed E-state index contributed by atoms with van der Waals surface area (Å²) in [4.78, 5) is 8.67. The van der Waals surface area contributed by atoms with Gasteiger partial charge in [0.15, 0.2) is 0 Å². The molecule has 0 saturated carbocycles. The third kappa shape index (κ3) is 5.51. The highest BCUT2D eigenvalue weighted by molar-refractivity contribution is 7.90. The zero-order valence-corrected chi connectivity index (χ0v) is 13.0. The molecule has 6 heteroatoms. The van der Waals surface area contributed by atoms with Gasteiger partial charge < -0.3 is 5.32 Å². The Hall–Kier alpha value is -1.95. The Morgan fingerprint density at radius 1 is 1.19 bits per heavy atom. The smallest absolute Gasteiger partial charge is 0.149 e. The van der Waals surface area contributed by atoms with E-state index in [1.54, 1.807) is 12.3 Å². The van der Waals surface area contributed by atoms with Crippen LogP contribution in [-0.2, 0) is 16.3 Å². The largest absolute Gasteiger partial charge is 0.366 e. The molecule has 112 valence electrons. The van der Waals surface area contributed by atoms with Crippen LogP contribution >= 0.6 is 0 Å². The second-order valence-electron chi connectivity index (χ2n) is 5.16. The summed E-state index contributed by atoms with van der Waals surface area (Å²) in [5.74, 6) is 1.43. The minimum Gasteiger partial charge on any atom is -0.366 e. The molecule has 2 rings (SSSR count).